The first-order valence-electron chi connectivity index (χ1n) is 40.6. The Hall–Kier alpha value is 2.83. The third kappa shape index (κ3) is 60.8. The molecule has 8 unspecified atom stereocenters. The molecule has 2 saturated heterocycles. The average Bonchev–Trinajstić information content (AvgIpc) is 1.73. The molecule has 2 fully saturated rings. The van der Waals surface area contributed by atoms with Gasteiger partial charge in [-0.05, 0) is 100 Å². The molecule has 0 spiro atoms. The van der Waals surface area contributed by atoms with Gasteiger partial charge in [-0.25, -0.2) is 0 Å². The Kier molecular flexibility index (Phi) is 112. The second-order valence-electron chi connectivity index (χ2n) is 27.7. The van der Waals surface area contributed by atoms with E-state index in [1.54, 1.807) is 59.0 Å². The number of amides is 8. The van der Waals surface area contributed by atoms with Gasteiger partial charge in [0.15, 0.2) is 11.6 Å². The Morgan fingerprint density at radius 2 is 0.720 bits per heavy atom. The summed E-state index contributed by atoms with van der Waals surface area (Å²) >= 11 is 16.7. The van der Waals surface area contributed by atoms with Crippen molar-refractivity contribution in [3.8, 4) is 0 Å². The SMILES string of the molecule is CCC(=O)/C(SC)=C(/SC)C(=O)CC.CCC(=O)C(SC)C(SC)C(=O)CC.CCC(=O)C[CH-]C(=O)CSC.CCC(C(=O)CCN1C(=O)CC(SC)C1=O)C(CC)C(=O)CCN1C(=O)CC(SC)C1=O.CSC1=CC(=O)N(CCC(=O)C(C)[C@H](C)C(=O)CCN2C(=O)C=C(SC)C2=O)C1=O.CSCC(=O)C(C)[C@H](C)C(=O)CSC.CSC[C-]=O.[CH2-]C(=O)CC.[Y+3].[Y].[Y].[Y].[Y].[Y].[Y]. The normalized spacial score (nSPS) is 15.7. The maximum atomic E-state index is 12.9. The minimum absolute atomic E-state index is 0. The van der Waals surface area contributed by atoms with Crippen LogP contribution >= 0.6 is 141 Å². The fourth-order valence-electron chi connectivity index (χ4n) is 11.5. The van der Waals surface area contributed by atoms with E-state index in [4.69, 9.17) is 0 Å². The Morgan fingerprint density at radius 3 is 0.932 bits per heavy atom. The molecule has 0 saturated carbocycles. The van der Waals surface area contributed by atoms with Gasteiger partial charge in [0.2, 0.25) is 23.6 Å². The van der Waals surface area contributed by atoms with Gasteiger partial charge in [0, 0.05) is 352 Å². The van der Waals surface area contributed by atoms with Crippen LogP contribution in [0.25, 0.3) is 0 Å². The molecule has 45 heteroatoms. The number of allylic oxidation sites excluding steroid dienone is 2. The summed E-state index contributed by atoms with van der Waals surface area (Å²) in [6.07, 6.45) is 32.2. The number of imide groups is 4. The molecule has 0 aromatic rings. The molecule has 0 bridgehead atoms. The van der Waals surface area contributed by atoms with Crippen LogP contribution in [-0.2, 0) is 334 Å². The summed E-state index contributed by atoms with van der Waals surface area (Å²) in [5.41, 5.74) is 0. The Balaban J connectivity index is -0.000000149. The first kappa shape index (κ1) is 157. The fraction of sp³-hybridized carbons (Fsp3) is 0.655. The van der Waals surface area contributed by atoms with E-state index in [9.17, 15) is 105 Å². The number of thioether (sulfide) groups is 12. The number of likely N-dealkylation sites (tertiary alicyclic amines) is 2. The van der Waals surface area contributed by atoms with Gasteiger partial charge in [0.1, 0.15) is 52.0 Å². The van der Waals surface area contributed by atoms with Crippen LogP contribution in [0.1, 0.15) is 179 Å². The third-order valence-corrected chi connectivity index (χ3v) is 29.2. The number of Topliss-reactive ketones (excluding diaryl/α,β-unsaturated/α-hetero) is 13. The number of hydrogen-bond donors (Lipinski definition) is 0. The van der Waals surface area contributed by atoms with Crippen molar-refractivity contribution >= 4 is 270 Å². The number of nitrogens with zero attached hydrogens (tertiary/aromatic N) is 4. The first-order chi connectivity index (χ1) is 59.0. The zero-order valence-corrected chi connectivity index (χ0v) is 111. The smallest absolute Gasteiger partial charge is 0.541 e. The molecular weight excluding hydrogens is 2460 g/mol. The van der Waals surface area contributed by atoms with Crippen LogP contribution in [0.4, 0.5) is 0 Å². The minimum Gasteiger partial charge on any atom is -0.541 e. The summed E-state index contributed by atoms with van der Waals surface area (Å²) < 4.78 is 0. The molecule has 4 heterocycles. The number of carbonyl (C=O) groups excluding carboxylic acids is 22. The second-order valence-corrected chi connectivity index (χ2v) is 38.6. The van der Waals surface area contributed by atoms with E-state index in [-0.39, 0.29) is 425 Å². The van der Waals surface area contributed by atoms with Gasteiger partial charge in [-0.3, -0.25) is 112 Å². The molecule has 726 valence electrons. The Labute approximate surface area is 1010 Å². The van der Waals surface area contributed by atoms with Gasteiger partial charge >= 0.3 is 32.7 Å². The van der Waals surface area contributed by atoms with Gasteiger partial charge in [0.05, 0.1) is 52.1 Å². The molecule has 4 rings (SSSR count). The summed E-state index contributed by atoms with van der Waals surface area (Å²) in [5, 5.41) is -1.09. The quantitative estimate of drug-likeness (QED) is 0.0310. The standard InChI is InChI=1S/C22H32N2O6S2.C20H24N2O6S2.2C10H18O2S2.C10H16O2S2.C8H13O2S.C4H7O.C3H5OS.7Y/c1-5-13(15(25)7-9-23-19(27)11-17(31-3)21(23)29)14(6-2)16(26)8-10-24-20(28)12-18(32-4)22(24)30;1-11(13(23)5-7-21-17(25)9-15(29-3)19(21)27)12(2)14(24)6-8-22-18(26)10-16(30-4)20(22)28;1-7(9(11)5-13-3)8(2)10(12)6-14-4;2*1-5-7(11)9(13-3)10(14-4)8(12)6-2;1-3-7(9)4-5-8(10)6-11-2;1-3-4(2)5;1-5-3-2-4;;;;;;;/h13-14,17-18H,5-12H2,1-4H3;9-12H,5-8H2,1-4H3;7-8H,5-6H2,1-4H3;9-10H,5-6H2,1-4H3;5-6H2,1-4H3;5H,3-4,6H2,1-2H3;2-3H2,1H3;3H2,1H3;;;;;;;/q;;;;;3*-1;;;;;;;+3/b;;;;10-9-;;;;;;;;;;/t;11-,12?;7-,8?;;;;;;;;;;;;/m.00............/s1. The molecule has 0 aliphatic carbocycles. The van der Waals surface area contributed by atoms with Crippen molar-refractivity contribution in [1.82, 2.24) is 19.6 Å². The topological polar surface area (TPSA) is 388 Å². The molecule has 132 heavy (non-hydrogen) atoms. The number of rotatable bonds is 53. The number of ketones is 13. The molecule has 10 atom stereocenters. The largest absolute Gasteiger partial charge is 3.00 e. The van der Waals surface area contributed by atoms with E-state index in [0.717, 1.165) is 19.6 Å². The average molecular weight is 2590 g/mol. The van der Waals surface area contributed by atoms with Crippen LogP contribution in [-0.4, -0.2) is 294 Å². The Morgan fingerprint density at radius 1 is 0.417 bits per heavy atom. The fourth-order valence-corrected chi connectivity index (χ4v) is 19.6. The summed E-state index contributed by atoms with van der Waals surface area (Å²) in [5.74, 6) is -2.95. The maximum Gasteiger partial charge on any atom is 3.00 e. The first-order valence-corrected chi connectivity index (χ1v) is 56.3. The van der Waals surface area contributed by atoms with E-state index in [1.807, 2.05) is 105 Å². The van der Waals surface area contributed by atoms with Crippen LogP contribution < -0.4 is 0 Å². The molecule has 4 aliphatic heterocycles. The minimum atomic E-state index is -0.608. The molecule has 0 N–H and O–H groups in total. The van der Waals surface area contributed by atoms with Crippen LogP contribution in [0.15, 0.2) is 31.8 Å². The summed E-state index contributed by atoms with van der Waals surface area (Å²) in [6.45, 7) is 24.7. The summed E-state index contributed by atoms with van der Waals surface area (Å²) in [4.78, 5) is 263. The van der Waals surface area contributed by atoms with Crippen molar-refractivity contribution in [2.45, 2.75) is 200 Å². The predicted molar refractivity (Wildman–Crippen MR) is 526 cm³/mol. The molecule has 6 radical (unpaired) electrons. The molecule has 8 amide bonds. The van der Waals surface area contributed by atoms with Crippen LogP contribution in [0, 0.1) is 48.9 Å². The van der Waals surface area contributed by atoms with Crippen molar-refractivity contribution in [2.75, 3.05) is 124 Å². The van der Waals surface area contributed by atoms with Crippen LogP contribution in [0.5, 0.6) is 0 Å². The van der Waals surface area contributed by atoms with Crippen molar-refractivity contribution in [2.24, 2.45) is 35.5 Å². The van der Waals surface area contributed by atoms with Gasteiger partial charge in [0.25, 0.3) is 23.6 Å². The zero-order chi connectivity index (χ0) is 97.1. The maximum absolute atomic E-state index is 12.9. The number of carbonyl (C=O) groups is 21. The molecule has 26 nitrogen and oxygen atoms in total. The van der Waals surface area contributed by atoms with Gasteiger partial charge < -0.3 is 32.5 Å². The van der Waals surface area contributed by atoms with Gasteiger partial charge in [-0.15, -0.1) is 59.2 Å². The van der Waals surface area contributed by atoms with E-state index in [1.165, 1.54) is 160 Å². The molecule has 0 aromatic heterocycles. The molecule has 4 aliphatic rings. The van der Waals surface area contributed by atoms with Crippen molar-refractivity contribution in [3.63, 3.8) is 0 Å². The summed E-state index contributed by atoms with van der Waals surface area (Å²) in [6, 6.07) is 0. The van der Waals surface area contributed by atoms with Crippen molar-refractivity contribution in [1.29, 1.82) is 0 Å². The van der Waals surface area contributed by atoms with E-state index < -0.39 is 47.3 Å². The van der Waals surface area contributed by atoms with Gasteiger partial charge in [-0.2, -0.15) is 94.1 Å². The van der Waals surface area contributed by atoms with Crippen molar-refractivity contribution in [3.05, 3.63) is 45.1 Å². The second kappa shape index (κ2) is 93.6. The monoisotopic (exact) mass is 2590 g/mol. The molecule has 0 aromatic carbocycles. The molecular formula is C87H133N4O22S12Y7. The Bertz CT molecular complexity index is 3570. The number of hydrogen-bond acceptors (Lipinski definition) is 34. The third-order valence-electron chi connectivity index (χ3n) is 19.7. The summed E-state index contributed by atoms with van der Waals surface area (Å²) in [7, 11) is 0. The van der Waals surface area contributed by atoms with Gasteiger partial charge in [-0.1, -0.05) is 83.1 Å². The predicted octanol–water partition coefficient (Wildman–Crippen LogP) is 13.5. The van der Waals surface area contributed by atoms with Crippen molar-refractivity contribution < 1.29 is 334 Å². The van der Waals surface area contributed by atoms with E-state index in [2.05, 4.69) is 6.92 Å². The van der Waals surface area contributed by atoms with E-state index >= 15 is 0 Å². The van der Waals surface area contributed by atoms with Crippen LogP contribution in [0.2, 0.25) is 0 Å². The van der Waals surface area contributed by atoms with E-state index in [0.29, 0.717) is 100 Å². The van der Waals surface area contributed by atoms with Crippen LogP contribution in [0.3, 0.4) is 0 Å². The zero-order valence-electron chi connectivity index (χ0n) is 81.2.